The second-order valence-corrected chi connectivity index (χ2v) is 12.5. The molecule has 0 saturated heterocycles. The lowest BCUT2D eigenvalue weighted by Gasteiger charge is -2.25. The molecule has 0 aliphatic heterocycles. The van der Waals surface area contributed by atoms with Crippen LogP contribution in [0.5, 0.6) is 5.75 Å². The van der Waals surface area contributed by atoms with Crippen molar-refractivity contribution in [1.29, 1.82) is 0 Å². The summed E-state index contributed by atoms with van der Waals surface area (Å²) in [6.45, 7) is 8.07. The summed E-state index contributed by atoms with van der Waals surface area (Å²) < 4.78 is 15.5. The Morgan fingerprint density at radius 3 is 2.10 bits per heavy atom. The number of amides is 6. The molecule has 0 fully saturated rings. The fourth-order valence-corrected chi connectivity index (χ4v) is 4.14. The van der Waals surface area contributed by atoms with Crippen molar-refractivity contribution in [3.05, 3.63) is 64.2 Å². The van der Waals surface area contributed by atoms with Crippen molar-refractivity contribution in [1.82, 2.24) is 21.3 Å². The summed E-state index contributed by atoms with van der Waals surface area (Å²) in [7, 11) is 0. The molecule has 0 heterocycles. The summed E-state index contributed by atoms with van der Waals surface area (Å²) in [5.41, 5.74) is 5.31. The molecule has 7 N–H and O–H groups in total. The number of nitrogens with one attached hydrogen (secondary N) is 5. The number of rotatable bonds is 18. The maximum Gasteiger partial charge on any atom is 0.514 e. The van der Waals surface area contributed by atoms with E-state index in [1.807, 2.05) is 0 Å². The van der Waals surface area contributed by atoms with Crippen LogP contribution in [0.3, 0.4) is 0 Å². The fourth-order valence-electron chi connectivity index (χ4n) is 4.14. The van der Waals surface area contributed by atoms with Crippen molar-refractivity contribution in [2.24, 2.45) is 11.7 Å². The third-order valence-electron chi connectivity index (χ3n) is 6.78. The number of nitro groups is 1. The number of ether oxygens (including phenoxy) is 3. The number of hydrogen-bond donors (Lipinski definition) is 6. The van der Waals surface area contributed by atoms with E-state index in [0.717, 1.165) is 0 Å². The molecule has 18 heteroatoms. The first kappa shape index (κ1) is 41.4. The highest BCUT2D eigenvalue weighted by molar-refractivity contribution is 5.98. The largest absolute Gasteiger partial charge is 0.514 e. The molecule has 2 atom stereocenters. The number of carbonyl (C=O) groups is 6. The lowest BCUT2D eigenvalue weighted by Crippen LogP contribution is -2.55. The first-order valence-electron chi connectivity index (χ1n) is 16.0. The Morgan fingerprint density at radius 1 is 0.882 bits per heavy atom. The molecular formula is C33H45N7O11. The summed E-state index contributed by atoms with van der Waals surface area (Å²) in [5.74, 6) is -2.69. The molecule has 0 saturated carbocycles. The molecule has 0 unspecified atom stereocenters. The smallest absolute Gasteiger partial charge is 0.429 e. The van der Waals surface area contributed by atoms with Gasteiger partial charge >= 0.3 is 12.2 Å². The Labute approximate surface area is 294 Å². The molecule has 0 aliphatic carbocycles. The third kappa shape index (κ3) is 16.5. The van der Waals surface area contributed by atoms with Crippen LogP contribution in [0, 0.1) is 16.0 Å². The van der Waals surface area contributed by atoms with Gasteiger partial charge in [-0.15, -0.1) is 0 Å². The van der Waals surface area contributed by atoms with Crippen LogP contribution in [-0.2, 0) is 35.3 Å². The standard InChI is InChI=1S/C33H45N7O11/c1-20(2)28(39-26(41)17-36-27(42)19-50-33(3,4)5)30(44)38-25(7-6-16-35-31(34)45)29(43)37-22-10-8-21(9-11-22)18-49-32(46)51-24-14-12-23(13-15-24)40(47)48/h8-15,20,25,28H,6-7,16-19H2,1-5H3,(H,36,42)(H,37,43)(H,38,44)(H,39,41)(H3,34,35,45)/t25-,28-/m0/s1. The third-order valence-corrected chi connectivity index (χ3v) is 6.78. The number of hydrogen-bond acceptors (Lipinski definition) is 11. The van der Waals surface area contributed by atoms with Gasteiger partial charge < -0.3 is 46.5 Å². The lowest BCUT2D eigenvalue weighted by molar-refractivity contribution is -0.384. The number of anilines is 1. The van der Waals surface area contributed by atoms with Crippen molar-refractivity contribution in [3.8, 4) is 5.75 Å². The second kappa shape index (κ2) is 20.0. The van der Waals surface area contributed by atoms with E-state index in [-0.39, 0.29) is 44.0 Å². The fraction of sp³-hybridized carbons (Fsp3) is 0.455. The molecule has 2 aromatic carbocycles. The van der Waals surface area contributed by atoms with Gasteiger partial charge in [0.25, 0.3) is 5.69 Å². The van der Waals surface area contributed by atoms with Crippen molar-refractivity contribution in [3.63, 3.8) is 0 Å². The summed E-state index contributed by atoms with van der Waals surface area (Å²) in [5, 5.41) is 23.6. The van der Waals surface area contributed by atoms with Gasteiger partial charge in [-0.3, -0.25) is 29.3 Å². The van der Waals surface area contributed by atoms with Crippen LogP contribution in [-0.4, -0.2) is 78.1 Å². The quantitative estimate of drug-likeness (QED) is 0.0429. The molecule has 0 aromatic heterocycles. The van der Waals surface area contributed by atoms with Gasteiger partial charge in [-0.25, -0.2) is 9.59 Å². The summed E-state index contributed by atoms with van der Waals surface area (Å²) >= 11 is 0. The predicted molar refractivity (Wildman–Crippen MR) is 183 cm³/mol. The van der Waals surface area contributed by atoms with Crippen LogP contribution in [0.15, 0.2) is 48.5 Å². The molecule has 18 nitrogen and oxygen atoms in total. The predicted octanol–water partition coefficient (Wildman–Crippen LogP) is 2.25. The van der Waals surface area contributed by atoms with Gasteiger partial charge in [-0.1, -0.05) is 26.0 Å². The first-order chi connectivity index (χ1) is 23.9. The van der Waals surface area contributed by atoms with Gasteiger partial charge in [-0.2, -0.15) is 0 Å². The Hall–Kier alpha value is -5.78. The average molecular weight is 716 g/mol. The molecule has 0 aliphatic rings. The van der Waals surface area contributed by atoms with Crippen LogP contribution < -0.4 is 37.1 Å². The molecule has 2 rings (SSSR count). The maximum atomic E-state index is 13.3. The van der Waals surface area contributed by atoms with Gasteiger partial charge in [0.2, 0.25) is 23.6 Å². The number of nitrogens with two attached hydrogens (primary N) is 1. The zero-order valence-corrected chi connectivity index (χ0v) is 29.1. The zero-order valence-electron chi connectivity index (χ0n) is 29.1. The summed E-state index contributed by atoms with van der Waals surface area (Å²) in [4.78, 5) is 84.6. The Morgan fingerprint density at radius 2 is 1.53 bits per heavy atom. The molecular weight excluding hydrogens is 670 g/mol. The van der Waals surface area contributed by atoms with Crippen LogP contribution in [0.1, 0.15) is 53.0 Å². The molecule has 0 radical (unpaired) electrons. The topological polar surface area (TPSA) is 259 Å². The molecule has 2 aromatic rings. The number of nitrogens with zero attached hydrogens (tertiary/aromatic N) is 1. The van der Waals surface area contributed by atoms with Crippen LogP contribution in [0.25, 0.3) is 0 Å². The number of carbonyl (C=O) groups excluding carboxylic acids is 6. The highest BCUT2D eigenvalue weighted by Gasteiger charge is 2.29. The Balaban J connectivity index is 1.99. The number of urea groups is 1. The van der Waals surface area contributed by atoms with E-state index < -0.39 is 70.9 Å². The SMILES string of the molecule is CC(C)[C@H](NC(=O)CNC(=O)COC(C)(C)C)C(=O)N[C@@H](CCCNC(N)=O)C(=O)Nc1ccc(COC(=O)Oc2ccc([N+](=O)[O-])cc2)cc1. The summed E-state index contributed by atoms with van der Waals surface area (Å²) in [6, 6.07) is 8.25. The number of benzene rings is 2. The van der Waals surface area contributed by atoms with Gasteiger partial charge in [-0.05, 0) is 69.4 Å². The highest BCUT2D eigenvalue weighted by Crippen LogP contribution is 2.18. The van der Waals surface area contributed by atoms with Crippen molar-refractivity contribution in [2.75, 3.05) is 25.0 Å². The van der Waals surface area contributed by atoms with E-state index >= 15 is 0 Å². The van der Waals surface area contributed by atoms with Crippen LogP contribution in [0.2, 0.25) is 0 Å². The number of nitro benzene ring substituents is 1. The van der Waals surface area contributed by atoms with E-state index in [1.54, 1.807) is 58.9 Å². The van der Waals surface area contributed by atoms with Crippen molar-refractivity contribution >= 4 is 47.2 Å². The highest BCUT2D eigenvalue weighted by atomic mass is 16.7. The van der Waals surface area contributed by atoms with Gasteiger partial charge in [0.1, 0.15) is 31.0 Å². The minimum absolute atomic E-state index is 0.0592. The molecule has 0 spiro atoms. The molecule has 278 valence electrons. The van der Waals surface area contributed by atoms with E-state index in [1.165, 1.54) is 24.3 Å². The normalized spacial score (nSPS) is 12.1. The van der Waals surface area contributed by atoms with Gasteiger partial charge in [0, 0.05) is 24.4 Å². The van der Waals surface area contributed by atoms with Crippen molar-refractivity contribution < 1.29 is 47.9 Å². The molecule has 6 amide bonds. The molecule has 51 heavy (non-hydrogen) atoms. The Kier molecular flexibility index (Phi) is 16.3. The van der Waals surface area contributed by atoms with Crippen LogP contribution in [0.4, 0.5) is 21.0 Å². The van der Waals surface area contributed by atoms with Crippen molar-refractivity contribution in [2.45, 2.75) is 71.8 Å². The van der Waals surface area contributed by atoms with Gasteiger partial charge in [0.15, 0.2) is 0 Å². The Bertz CT molecular complexity index is 1530. The number of non-ortho nitro benzene ring substituents is 1. The van der Waals surface area contributed by atoms with Crippen LogP contribution >= 0.6 is 0 Å². The maximum absolute atomic E-state index is 13.3. The average Bonchev–Trinajstić information content (AvgIpc) is 3.05. The molecule has 0 bridgehead atoms. The minimum Gasteiger partial charge on any atom is -0.429 e. The minimum atomic E-state index is -1.09. The van der Waals surface area contributed by atoms with E-state index in [0.29, 0.717) is 11.3 Å². The number of primary amides is 1. The van der Waals surface area contributed by atoms with E-state index in [9.17, 15) is 38.9 Å². The monoisotopic (exact) mass is 715 g/mol. The summed E-state index contributed by atoms with van der Waals surface area (Å²) in [6.07, 6.45) is -0.657. The first-order valence-corrected chi connectivity index (χ1v) is 16.0. The van der Waals surface area contributed by atoms with Gasteiger partial charge in [0.05, 0.1) is 17.1 Å². The van der Waals surface area contributed by atoms with E-state index in [2.05, 4.69) is 26.6 Å². The zero-order chi connectivity index (χ0) is 38.1. The van der Waals surface area contributed by atoms with E-state index in [4.69, 9.17) is 19.9 Å². The lowest BCUT2D eigenvalue weighted by atomic mass is 10.0. The second-order valence-electron chi connectivity index (χ2n) is 12.5.